The van der Waals surface area contributed by atoms with Crippen LogP contribution in [0.25, 0.3) is 15.9 Å². The highest BCUT2D eigenvalue weighted by molar-refractivity contribution is 7.19. The van der Waals surface area contributed by atoms with E-state index in [-0.39, 0.29) is 23.4 Å². The first-order valence-corrected chi connectivity index (χ1v) is 11.6. The Bertz CT molecular complexity index is 1240. The van der Waals surface area contributed by atoms with E-state index in [4.69, 9.17) is 5.73 Å². The molecule has 0 aliphatic carbocycles. The van der Waals surface area contributed by atoms with E-state index in [1.165, 1.54) is 11.3 Å². The minimum absolute atomic E-state index is 0.101. The summed E-state index contributed by atoms with van der Waals surface area (Å²) in [6.45, 7) is 7.08. The maximum Gasteiger partial charge on any atom is 0.257 e. The van der Waals surface area contributed by atoms with Crippen LogP contribution in [0.15, 0.2) is 42.5 Å². The number of amides is 1. The van der Waals surface area contributed by atoms with Gasteiger partial charge < -0.3 is 20.8 Å². The van der Waals surface area contributed by atoms with Crippen molar-refractivity contribution in [1.82, 2.24) is 19.8 Å². The summed E-state index contributed by atoms with van der Waals surface area (Å²) in [5.74, 6) is 0.179. The summed E-state index contributed by atoms with van der Waals surface area (Å²) in [7, 11) is 0. The highest BCUT2D eigenvalue weighted by Gasteiger charge is 2.28. The molecule has 0 unspecified atom stereocenters. The Kier molecular flexibility index (Phi) is 6.62. The topological polar surface area (TPSA) is 116 Å². The van der Waals surface area contributed by atoms with Gasteiger partial charge in [-0.2, -0.15) is 4.98 Å². The Labute approximate surface area is 196 Å². The third kappa shape index (κ3) is 4.84. The molecule has 1 amide bonds. The van der Waals surface area contributed by atoms with E-state index >= 15 is 0 Å². The van der Waals surface area contributed by atoms with Gasteiger partial charge in [-0.3, -0.25) is 9.69 Å². The number of aromatic nitrogens is 2. The summed E-state index contributed by atoms with van der Waals surface area (Å²) in [4.78, 5) is 27.0. The molecule has 3 heterocycles. The lowest BCUT2D eigenvalue weighted by molar-refractivity contribution is 0.0630. The first-order valence-electron chi connectivity index (χ1n) is 10.8. The Hall–Kier alpha value is -3.43. The maximum absolute atomic E-state index is 13.5. The molecular weight excluding hydrogens is 438 g/mol. The monoisotopic (exact) mass is 465 g/mol. The van der Waals surface area contributed by atoms with Gasteiger partial charge in [0.15, 0.2) is 5.82 Å². The number of fused-ring (bicyclic) bond motifs is 1. The lowest BCUT2D eigenvalue weighted by Crippen LogP contribution is -2.48. The molecule has 1 fully saturated rings. The Morgan fingerprint density at radius 2 is 1.97 bits per heavy atom. The van der Waals surface area contributed by atoms with Gasteiger partial charge in [-0.1, -0.05) is 24.3 Å². The van der Waals surface area contributed by atoms with E-state index in [0.717, 1.165) is 30.1 Å². The molecule has 1 saturated heterocycles. The summed E-state index contributed by atoms with van der Waals surface area (Å²) >= 11 is 1.31. The van der Waals surface area contributed by atoms with E-state index < -0.39 is 0 Å². The van der Waals surface area contributed by atoms with E-state index in [2.05, 4.69) is 14.9 Å². The molecule has 2 aromatic heterocycles. The van der Waals surface area contributed by atoms with E-state index in [0.29, 0.717) is 34.6 Å². The molecule has 8 nitrogen and oxygen atoms in total. The number of allylic oxidation sites excluding steroid dienone is 3. The number of nitrogens with zero attached hydrogens (tertiary/aromatic N) is 4. The van der Waals surface area contributed by atoms with Gasteiger partial charge in [0.25, 0.3) is 5.91 Å². The largest absolute Gasteiger partial charge is 0.508 e. The fourth-order valence-electron chi connectivity index (χ4n) is 3.91. The van der Waals surface area contributed by atoms with Crippen LogP contribution in [0.5, 0.6) is 11.6 Å². The van der Waals surface area contributed by atoms with E-state index in [9.17, 15) is 15.0 Å². The number of rotatable bonds is 5. The van der Waals surface area contributed by atoms with Crippen LogP contribution >= 0.6 is 11.3 Å². The second-order valence-electron chi connectivity index (χ2n) is 7.97. The van der Waals surface area contributed by atoms with Crippen molar-refractivity contribution in [1.29, 1.82) is 0 Å². The molecule has 1 aliphatic heterocycles. The number of carbonyl (C=O) groups is 1. The maximum atomic E-state index is 13.5. The van der Waals surface area contributed by atoms with Crippen LogP contribution in [0.2, 0.25) is 0 Å². The van der Waals surface area contributed by atoms with Gasteiger partial charge in [0.05, 0.1) is 11.3 Å². The zero-order chi connectivity index (χ0) is 23.5. The highest BCUT2D eigenvalue weighted by atomic mass is 32.1. The summed E-state index contributed by atoms with van der Waals surface area (Å²) < 4.78 is 0.487. The van der Waals surface area contributed by atoms with Gasteiger partial charge in [-0.15, -0.1) is 11.3 Å². The van der Waals surface area contributed by atoms with Crippen LogP contribution in [-0.2, 0) is 6.54 Å². The van der Waals surface area contributed by atoms with Crippen LogP contribution in [0.1, 0.15) is 33.5 Å². The second kappa shape index (κ2) is 9.60. The van der Waals surface area contributed by atoms with Crippen molar-refractivity contribution in [3.05, 3.63) is 64.3 Å². The number of aryl methyl sites for hydroxylation is 1. The lowest BCUT2D eigenvalue weighted by atomic mass is 10.1. The average molecular weight is 466 g/mol. The number of carbonyl (C=O) groups excluding carboxylic acids is 1. The van der Waals surface area contributed by atoms with E-state index in [1.807, 2.05) is 37.0 Å². The van der Waals surface area contributed by atoms with Crippen LogP contribution in [0.3, 0.4) is 0 Å². The van der Waals surface area contributed by atoms with Gasteiger partial charge in [-0.05, 0) is 37.6 Å². The number of phenolic OH excluding ortho intramolecular Hbond substituents is 1. The fraction of sp³-hybridized carbons (Fsp3) is 0.292. The number of nitrogens with two attached hydrogens (primary N) is 1. The molecule has 33 heavy (non-hydrogen) atoms. The number of hydrogen-bond acceptors (Lipinski definition) is 8. The van der Waals surface area contributed by atoms with E-state index in [1.54, 1.807) is 24.3 Å². The van der Waals surface area contributed by atoms with Crippen molar-refractivity contribution in [2.45, 2.75) is 20.4 Å². The molecule has 4 N–H and O–H groups in total. The molecule has 0 spiro atoms. The molecule has 0 radical (unpaired) electrons. The number of hydrogen-bond donors (Lipinski definition) is 3. The van der Waals surface area contributed by atoms with Gasteiger partial charge in [-0.25, -0.2) is 4.98 Å². The summed E-state index contributed by atoms with van der Waals surface area (Å²) in [6, 6.07) is 7.24. The average Bonchev–Trinajstić information content (AvgIpc) is 3.14. The van der Waals surface area contributed by atoms with Gasteiger partial charge in [0.1, 0.15) is 16.0 Å². The molecule has 3 aromatic rings. The lowest BCUT2D eigenvalue weighted by Gasteiger charge is -2.34. The Balaban J connectivity index is 1.54. The first-order chi connectivity index (χ1) is 15.9. The van der Waals surface area contributed by atoms with Crippen LogP contribution in [0, 0.1) is 6.92 Å². The molecule has 0 bridgehead atoms. The van der Waals surface area contributed by atoms with Crippen molar-refractivity contribution in [2.24, 2.45) is 5.73 Å². The van der Waals surface area contributed by atoms with Gasteiger partial charge in [0, 0.05) is 37.6 Å². The van der Waals surface area contributed by atoms with Crippen LogP contribution < -0.4 is 5.73 Å². The Morgan fingerprint density at radius 3 is 2.67 bits per heavy atom. The molecular formula is C24H27N5O3S. The van der Waals surface area contributed by atoms with Crippen molar-refractivity contribution >= 4 is 33.2 Å². The number of aromatic hydroxyl groups is 2. The quantitative estimate of drug-likeness (QED) is 0.495. The number of phenols is 1. The Morgan fingerprint density at radius 1 is 1.21 bits per heavy atom. The zero-order valence-electron chi connectivity index (χ0n) is 18.7. The molecule has 9 heteroatoms. The molecule has 1 aliphatic rings. The van der Waals surface area contributed by atoms with Crippen LogP contribution in [0.4, 0.5) is 0 Å². The smallest absolute Gasteiger partial charge is 0.257 e. The SMILES string of the molecule is C/C=C\C=C(/N)c1nc(O)c2sc(C)c(C(=O)N3CCN(Cc4cccc(O)c4)CC3)c2n1. The third-order valence-corrected chi connectivity index (χ3v) is 6.70. The standard InChI is InChI=1S/C24H27N5O3S/c1-3-4-8-18(25)22-26-20-19(15(2)33-21(20)23(31)27-22)24(32)29-11-9-28(10-12-29)14-16-6-5-7-17(30)13-16/h3-8,13,30H,9-12,14,25H2,1-2H3,(H,26,27,31)/b4-3-,18-8-. The third-order valence-electron chi connectivity index (χ3n) is 5.61. The number of benzene rings is 1. The van der Waals surface area contributed by atoms with Gasteiger partial charge in [0.2, 0.25) is 5.88 Å². The minimum Gasteiger partial charge on any atom is -0.508 e. The predicted octanol–water partition coefficient (Wildman–Crippen LogP) is 3.24. The van der Waals surface area contributed by atoms with Gasteiger partial charge >= 0.3 is 0 Å². The summed E-state index contributed by atoms with van der Waals surface area (Å²) in [6.07, 6.45) is 5.25. The normalized spacial score (nSPS) is 15.6. The first kappa shape index (κ1) is 22.8. The minimum atomic E-state index is -0.171. The summed E-state index contributed by atoms with van der Waals surface area (Å²) in [5, 5.41) is 20.1. The molecule has 0 saturated carbocycles. The number of thiophene rings is 1. The van der Waals surface area contributed by atoms with Crippen molar-refractivity contribution in [2.75, 3.05) is 26.2 Å². The van der Waals surface area contributed by atoms with Crippen molar-refractivity contribution < 1.29 is 15.0 Å². The van der Waals surface area contributed by atoms with Crippen LogP contribution in [-0.4, -0.2) is 62.1 Å². The molecule has 4 rings (SSSR count). The van der Waals surface area contributed by atoms with Crippen molar-refractivity contribution in [3.63, 3.8) is 0 Å². The molecule has 0 atom stereocenters. The van der Waals surface area contributed by atoms with Crippen molar-refractivity contribution in [3.8, 4) is 11.6 Å². The molecule has 172 valence electrons. The number of piperazine rings is 1. The molecule has 1 aromatic carbocycles. The fourth-order valence-corrected chi connectivity index (χ4v) is 4.88. The zero-order valence-corrected chi connectivity index (χ0v) is 19.5. The summed E-state index contributed by atoms with van der Waals surface area (Å²) in [5.41, 5.74) is 8.35. The highest BCUT2D eigenvalue weighted by Crippen LogP contribution is 2.36. The second-order valence-corrected chi connectivity index (χ2v) is 9.19. The predicted molar refractivity (Wildman–Crippen MR) is 130 cm³/mol.